The van der Waals surface area contributed by atoms with Crippen LogP contribution in [0.3, 0.4) is 0 Å². The van der Waals surface area contributed by atoms with Crippen LogP contribution in [-0.4, -0.2) is 50.6 Å². The average Bonchev–Trinajstić information content (AvgIpc) is 2.68. The van der Waals surface area contributed by atoms with E-state index in [1.807, 2.05) is 0 Å². The molecule has 0 amide bonds. The van der Waals surface area contributed by atoms with Crippen LogP contribution in [-0.2, 0) is 9.84 Å². The Morgan fingerprint density at radius 3 is 2.00 bits per heavy atom. The second-order valence-electron chi connectivity index (χ2n) is 5.79. The van der Waals surface area contributed by atoms with Crippen LogP contribution >= 0.6 is 0 Å². The van der Waals surface area contributed by atoms with Crippen molar-refractivity contribution < 1.29 is 12.9 Å². The van der Waals surface area contributed by atoms with Crippen molar-refractivity contribution in [2.45, 2.75) is 26.3 Å². The number of nitrogens with zero attached hydrogens (tertiary/aromatic N) is 1. The van der Waals surface area contributed by atoms with Crippen LogP contribution in [0.1, 0.15) is 20.3 Å². The van der Waals surface area contributed by atoms with Crippen LogP contribution < -0.4 is 0 Å². The van der Waals surface area contributed by atoms with Crippen LogP contribution in [0.25, 0.3) is 0 Å². The van der Waals surface area contributed by atoms with Gasteiger partial charge in [0.15, 0.2) is 9.84 Å². The molecule has 0 bridgehead atoms. The lowest BCUT2D eigenvalue weighted by Gasteiger charge is -2.39. The highest BCUT2D eigenvalue weighted by Crippen LogP contribution is 2.51. The van der Waals surface area contributed by atoms with Gasteiger partial charge in [-0.2, -0.15) is 0 Å². The van der Waals surface area contributed by atoms with Crippen molar-refractivity contribution in [1.29, 1.82) is 0 Å². The molecule has 0 N–H and O–H groups in total. The quantitative estimate of drug-likeness (QED) is 0.606. The first-order valence-corrected chi connectivity index (χ1v) is 7.12. The van der Waals surface area contributed by atoms with E-state index in [0.29, 0.717) is 23.0 Å². The van der Waals surface area contributed by atoms with E-state index in [-0.39, 0.29) is 0 Å². The van der Waals surface area contributed by atoms with Crippen molar-refractivity contribution in [2.24, 2.45) is 5.41 Å². The zero-order chi connectivity index (χ0) is 10.6. The zero-order valence-corrected chi connectivity index (χ0v) is 10.1. The van der Waals surface area contributed by atoms with Gasteiger partial charge in [-0.1, -0.05) is 13.8 Å². The molecule has 1 saturated carbocycles. The van der Waals surface area contributed by atoms with Crippen molar-refractivity contribution in [1.82, 2.24) is 0 Å². The molecule has 1 saturated heterocycles. The molecule has 0 aromatic rings. The van der Waals surface area contributed by atoms with Gasteiger partial charge in [-0.15, -0.1) is 0 Å². The fraction of sp³-hybridized carbons (Fsp3) is 1.00. The molecule has 82 valence electrons. The van der Waals surface area contributed by atoms with E-state index in [4.69, 9.17) is 0 Å². The van der Waals surface area contributed by atoms with E-state index in [1.54, 1.807) is 0 Å². The molecular weight excluding hydrogens is 198 g/mol. The molecule has 1 heterocycles. The monoisotopic (exact) mass is 218 g/mol. The van der Waals surface area contributed by atoms with Crippen LogP contribution in [0, 0.1) is 5.41 Å². The van der Waals surface area contributed by atoms with E-state index < -0.39 is 9.84 Å². The highest BCUT2D eigenvalue weighted by Gasteiger charge is 2.58. The van der Waals surface area contributed by atoms with E-state index >= 15 is 0 Å². The van der Waals surface area contributed by atoms with E-state index in [9.17, 15) is 8.42 Å². The van der Waals surface area contributed by atoms with E-state index in [2.05, 4.69) is 20.9 Å². The summed E-state index contributed by atoms with van der Waals surface area (Å²) in [5.74, 6) is 0.770. The fourth-order valence-corrected chi connectivity index (χ4v) is 4.32. The summed E-state index contributed by atoms with van der Waals surface area (Å²) in [7, 11) is -0.496. The van der Waals surface area contributed by atoms with Gasteiger partial charge in [0.25, 0.3) is 0 Å². The number of hydrogen-bond acceptors (Lipinski definition) is 2. The first kappa shape index (κ1) is 10.4. The Bertz CT molecular complexity index is 331. The molecule has 14 heavy (non-hydrogen) atoms. The van der Waals surface area contributed by atoms with Gasteiger partial charge in [0.1, 0.15) is 0 Å². The van der Waals surface area contributed by atoms with Gasteiger partial charge < -0.3 is 4.48 Å². The Labute approximate surface area is 86.6 Å². The molecule has 0 aromatic carbocycles. The second kappa shape index (κ2) is 2.73. The third kappa shape index (κ3) is 1.70. The summed E-state index contributed by atoms with van der Waals surface area (Å²) in [4.78, 5) is 0. The van der Waals surface area contributed by atoms with E-state index in [1.165, 1.54) is 6.42 Å². The number of hydrogen-bond donors (Lipinski definition) is 0. The second-order valence-corrected chi connectivity index (χ2v) is 8.09. The van der Waals surface area contributed by atoms with Crippen molar-refractivity contribution >= 4 is 9.84 Å². The number of quaternary nitrogens is 1. The topological polar surface area (TPSA) is 34.1 Å². The molecule has 2 rings (SSSR count). The third-order valence-electron chi connectivity index (χ3n) is 4.04. The van der Waals surface area contributed by atoms with Gasteiger partial charge in [-0.25, -0.2) is 8.42 Å². The maximum atomic E-state index is 11.3. The van der Waals surface area contributed by atoms with Gasteiger partial charge >= 0.3 is 0 Å². The maximum Gasteiger partial charge on any atom is 0.161 e. The van der Waals surface area contributed by atoms with Crippen molar-refractivity contribution in [3.05, 3.63) is 0 Å². The predicted molar refractivity (Wildman–Crippen MR) is 56.8 cm³/mol. The fourth-order valence-electron chi connectivity index (χ4n) is 2.72. The average molecular weight is 218 g/mol. The first-order chi connectivity index (χ1) is 6.25. The molecule has 4 heteroatoms. The summed E-state index contributed by atoms with van der Waals surface area (Å²) in [6.45, 7) is 6.20. The lowest BCUT2D eigenvalue weighted by atomic mass is 10.1. The standard InChI is InChI=1S/C10H20NO2S/c1-10(2)8-9(10)11(3)4-6-14(12,13)7-5-11/h9H,4-8H2,1-3H3/q+1. The van der Waals surface area contributed by atoms with Crippen molar-refractivity contribution in [3.8, 4) is 0 Å². The first-order valence-electron chi connectivity index (χ1n) is 5.30. The minimum absolute atomic E-state index is 0.385. The number of sulfone groups is 1. The Morgan fingerprint density at radius 2 is 1.64 bits per heavy atom. The van der Waals surface area contributed by atoms with Crippen molar-refractivity contribution in [2.75, 3.05) is 31.6 Å². The van der Waals surface area contributed by atoms with Crippen LogP contribution in [0.4, 0.5) is 0 Å². The summed E-state index contributed by atoms with van der Waals surface area (Å²) >= 11 is 0. The van der Waals surface area contributed by atoms with Gasteiger partial charge in [0, 0.05) is 11.8 Å². The molecule has 1 aliphatic carbocycles. The summed E-state index contributed by atoms with van der Waals surface area (Å²) in [6.07, 6.45) is 1.25. The molecule has 1 unspecified atom stereocenters. The molecule has 3 nitrogen and oxygen atoms in total. The number of rotatable bonds is 1. The highest BCUT2D eigenvalue weighted by molar-refractivity contribution is 7.91. The molecule has 0 spiro atoms. The minimum Gasteiger partial charge on any atom is -0.321 e. The lowest BCUT2D eigenvalue weighted by molar-refractivity contribution is -0.919. The van der Waals surface area contributed by atoms with Crippen LogP contribution in [0.15, 0.2) is 0 Å². The SMILES string of the molecule is CC1(C)CC1[N+]1(C)CCS(=O)(=O)CC1. The normalized spacial score (nSPS) is 37.8. The van der Waals surface area contributed by atoms with Crippen LogP contribution in [0.5, 0.6) is 0 Å². The smallest absolute Gasteiger partial charge is 0.161 e. The Morgan fingerprint density at radius 1 is 1.21 bits per heavy atom. The zero-order valence-electron chi connectivity index (χ0n) is 9.28. The Kier molecular flexibility index (Phi) is 2.03. The molecular formula is C10H20NO2S+. The largest absolute Gasteiger partial charge is 0.321 e. The van der Waals surface area contributed by atoms with Gasteiger partial charge in [0.2, 0.25) is 0 Å². The van der Waals surface area contributed by atoms with E-state index in [0.717, 1.165) is 17.6 Å². The lowest BCUT2D eigenvalue weighted by Crippen LogP contribution is -2.56. The minimum atomic E-state index is -2.71. The highest BCUT2D eigenvalue weighted by atomic mass is 32.2. The molecule has 1 aliphatic heterocycles. The molecule has 2 fully saturated rings. The van der Waals surface area contributed by atoms with Gasteiger partial charge in [-0.05, 0) is 0 Å². The molecule has 0 aromatic heterocycles. The summed E-state index contributed by atoms with van der Waals surface area (Å²) in [5.41, 5.74) is 0.440. The third-order valence-corrected chi connectivity index (χ3v) is 5.65. The van der Waals surface area contributed by atoms with Crippen molar-refractivity contribution in [3.63, 3.8) is 0 Å². The summed E-state index contributed by atoms with van der Waals surface area (Å²) < 4.78 is 23.6. The summed E-state index contributed by atoms with van der Waals surface area (Å²) in [6, 6.07) is 0.693. The molecule has 0 radical (unpaired) electrons. The Balaban J connectivity index is 2.07. The molecule has 1 atom stereocenters. The summed E-state index contributed by atoms with van der Waals surface area (Å²) in [5, 5.41) is 0. The van der Waals surface area contributed by atoms with Gasteiger partial charge in [-0.3, -0.25) is 0 Å². The Hall–Kier alpha value is -0.0900. The predicted octanol–water partition coefficient (Wildman–Crippen LogP) is 0.660. The van der Waals surface area contributed by atoms with Crippen LogP contribution in [0.2, 0.25) is 0 Å². The van der Waals surface area contributed by atoms with Gasteiger partial charge in [0.05, 0.1) is 37.7 Å². The maximum absolute atomic E-state index is 11.3. The molecule has 2 aliphatic rings.